The number of hydrogen-bond acceptors (Lipinski definition) is 2. The van der Waals surface area contributed by atoms with Crippen molar-refractivity contribution in [2.45, 2.75) is 46.0 Å². The zero-order valence-corrected chi connectivity index (χ0v) is 12.3. The summed E-state index contributed by atoms with van der Waals surface area (Å²) in [6.07, 6.45) is 7.11. The molecule has 1 saturated heterocycles. The van der Waals surface area contributed by atoms with E-state index in [0.717, 1.165) is 18.4 Å². The van der Waals surface area contributed by atoms with Gasteiger partial charge in [-0.25, -0.2) is 0 Å². The van der Waals surface area contributed by atoms with Crippen molar-refractivity contribution in [2.75, 3.05) is 26.2 Å². The molecule has 1 saturated carbocycles. The van der Waals surface area contributed by atoms with Crippen molar-refractivity contribution in [3.63, 3.8) is 0 Å². The highest BCUT2D eigenvalue weighted by Gasteiger charge is 2.33. The predicted molar refractivity (Wildman–Crippen MR) is 76.6 cm³/mol. The van der Waals surface area contributed by atoms with Gasteiger partial charge in [0.05, 0.1) is 0 Å². The maximum atomic E-state index is 5.85. The van der Waals surface area contributed by atoms with Crippen LogP contribution in [0.15, 0.2) is 0 Å². The Morgan fingerprint density at radius 3 is 2.41 bits per heavy atom. The van der Waals surface area contributed by atoms with E-state index in [4.69, 9.17) is 5.73 Å². The normalized spacial score (nSPS) is 39.0. The lowest BCUT2D eigenvalue weighted by Gasteiger charge is -2.30. The summed E-state index contributed by atoms with van der Waals surface area (Å²) in [5.41, 5.74) is 6.26. The highest BCUT2D eigenvalue weighted by molar-refractivity contribution is 5.85. The Kier molecular flexibility index (Phi) is 5.75. The molecule has 1 aliphatic heterocycles. The maximum Gasteiger partial charge on any atom is 0.00480 e. The highest BCUT2D eigenvalue weighted by Crippen LogP contribution is 2.33. The average Bonchev–Trinajstić information content (AvgIpc) is 2.65. The second kappa shape index (κ2) is 6.40. The van der Waals surface area contributed by atoms with E-state index in [2.05, 4.69) is 18.7 Å². The zero-order chi connectivity index (χ0) is 11.6. The summed E-state index contributed by atoms with van der Waals surface area (Å²) >= 11 is 0. The molecule has 0 aromatic rings. The number of hydrogen-bond donors (Lipinski definition) is 1. The predicted octanol–water partition coefficient (Wildman–Crippen LogP) is 2.91. The Morgan fingerprint density at radius 2 is 1.88 bits per heavy atom. The summed E-state index contributed by atoms with van der Waals surface area (Å²) in [4.78, 5) is 2.66. The van der Waals surface area contributed by atoms with Crippen molar-refractivity contribution in [1.82, 2.24) is 4.90 Å². The summed E-state index contributed by atoms with van der Waals surface area (Å²) in [5, 5.41) is 0. The Labute approximate surface area is 113 Å². The molecule has 0 aromatic heterocycles. The first-order valence-corrected chi connectivity index (χ1v) is 7.04. The van der Waals surface area contributed by atoms with Crippen LogP contribution in [-0.4, -0.2) is 31.1 Å². The number of nitrogens with zero attached hydrogens (tertiary/aromatic N) is 1. The number of rotatable bonds is 3. The zero-order valence-electron chi connectivity index (χ0n) is 11.5. The summed E-state index contributed by atoms with van der Waals surface area (Å²) in [7, 11) is 0. The van der Waals surface area contributed by atoms with Gasteiger partial charge in [0.2, 0.25) is 0 Å². The molecule has 0 radical (unpaired) electrons. The highest BCUT2D eigenvalue weighted by atomic mass is 35.5. The van der Waals surface area contributed by atoms with Gasteiger partial charge in [-0.1, -0.05) is 26.7 Å². The van der Waals surface area contributed by atoms with E-state index >= 15 is 0 Å². The number of halogens is 1. The Morgan fingerprint density at radius 1 is 1.24 bits per heavy atom. The van der Waals surface area contributed by atoms with Gasteiger partial charge < -0.3 is 10.6 Å². The molecule has 3 heteroatoms. The molecule has 102 valence electrons. The number of nitrogens with two attached hydrogens (primary N) is 1. The van der Waals surface area contributed by atoms with Crippen LogP contribution in [0.1, 0.15) is 46.0 Å². The first kappa shape index (κ1) is 15.3. The minimum Gasteiger partial charge on any atom is -0.330 e. The fourth-order valence-electron chi connectivity index (χ4n) is 3.33. The summed E-state index contributed by atoms with van der Waals surface area (Å²) < 4.78 is 0. The van der Waals surface area contributed by atoms with Gasteiger partial charge in [0.15, 0.2) is 0 Å². The summed E-state index contributed by atoms with van der Waals surface area (Å²) in [5.74, 6) is 1.94. The van der Waals surface area contributed by atoms with Crippen LogP contribution >= 0.6 is 12.4 Å². The lowest BCUT2D eigenvalue weighted by Crippen LogP contribution is -2.34. The molecule has 2 fully saturated rings. The van der Waals surface area contributed by atoms with Gasteiger partial charge in [0.25, 0.3) is 0 Å². The average molecular weight is 261 g/mol. The van der Waals surface area contributed by atoms with Crippen LogP contribution in [0, 0.1) is 17.3 Å². The van der Waals surface area contributed by atoms with E-state index < -0.39 is 0 Å². The van der Waals surface area contributed by atoms with Crippen LogP contribution in [0.25, 0.3) is 0 Å². The molecule has 17 heavy (non-hydrogen) atoms. The van der Waals surface area contributed by atoms with Crippen molar-refractivity contribution in [3.8, 4) is 0 Å². The molecule has 1 aliphatic carbocycles. The second-order valence-corrected chi connectivity index (χ2v) is 6.63. The van der Waals surface area contributed by atoms with Crippen molar-refractivity contribution >= 4 is 12.4 Å². The molecule has 0 aromatic carbocycles. The topological polar surface area (TPSA) is 29.3 Å². The summed E-state index contributed by atoms with van der Waals surface area (Å²) in [6.45, 7) is 9.44. The van der Waals surface area contributed by atoms with E-state index in [-0.39, 0.29) is 12.4 Å². The molecule has 1 unspecified atom stereocenters. The van der Waals surface area contributed by atoms with Gasteiger partial charge in [-0.05, 0) is 49.6 Å². The molecule has 2 rings (SSSR count). The largest absolute Gasteiger partial charge is 0.330 e. The van der Waals surface area contributed by atoms with Gasteiger partial charge in [0.1, 0.15) is 0 Å². The monoisotopic (exact) mass is 260 g/mol. The Balaban J connectivity index is 0.00000144. The van der Waals surface area contributed by atoms with Crippen LogP contribution < -0.4 is 5.73 Å². The van der Waals surface area contributed by atoms with Crippen molar-refractivity contribution in [2.24, 2.45) is 23.0 Å². The van der Waals surface area contributed by atoms with E-state index in [1.807, 2.05) is 0 Å². The number of likely N-dealkylation sites (tertiary alicyclic amines) is 1. The van der Waals surface area contributed by atoms with Crippen LogP contribution in [0.3, 0.4) is 0 Å². The molecule has 0 spiro atoms. The van der Waals surface area contributed by atoms with Gasteiger partial charge >= 0.3 is 0 Å². The van der Waals surface area contributed by atoms with E-state index in [9.17, 15) is 0 Å². The molecule has 2 N–H and O–H groups in total. The maximum absolute atomic E-state index is 5.85. The molecule has 1 heterocycles. The molecule has 2 nitrogen and oxygen atoms in total. The van der Waals surface area contributed by atoms with Crippen molar-refractivity contribution < 1.29 is 0 Å². The minimum atomic E-state index is 0. The van der Waals surface area contributed by atoms with Crippen LogP contribution in [0.4, 0.5) is 0 Å². The van der Waals surface area contributed by atoms with Gasteiger partial charge in [-0.2, -0.15) is 0 Å². The van der Waals surface area contributed by atoms with Gasteiger partial charge in [-0.15, -0.1) is 12.4 Å². The van der Waals surface area contributed by atoms with Crippen LogP contribution in [-0.2, 0) is 0 Å². The standard InChI is InChI=1S/C14H28N2.ClH/c1-12-3-5-13(6-4-12)9-16-8-7-14(2,10-15)11-16;/h12-13H,3-11,15H2,1-2H3;1H. The van der Waals surface area contributed by atoms with Crippen LogP contribution in [0.5, 0.6) is 0 Å². The SMILES string of the molecule is CC1CCC(CN2CCC(C)(CN)C2)CC1.Cl. The molecular formula is C14H29ClN2. The lowest BCUT2D eigenvalue weighted by atomic mass is 9.83. The Hall–Kier alpha value is 0.210. The first-order valence-electron chi connectivity index (χ1n) is 7.04. The fraction of sp³-hybridized carbons (Fsp3) is 1.00. The quantitative estimate of drug-likeness (QED) is 0.846. The first-order chi connectivity index (χ1) is 7.61. The van der Waals surface area contributed by atoms with Crippen LogP contribution in [0.2, 0.25) is 0 Å². The van der Waals surface area contributed by atoms with Gasteiger partial charge in [0, 0.05) is 13.1 Å². The van der Waals surface area contributed by atoms with E-state index in [1.54, 1.807) is 0 Å². The van der Waals surface area contributed by atoms with E-state index in [1.165, 1.54) is 51.7 Å². The van der Waals surface area contributed by atoms with Crippen molar-refractivity contribution in [1.29, 1.82) is 0 Å². The Bertz CT molecular complexity index is 226. The lowest BCUT2D eigenvalue weighted by molar-refractivity contribution is 0.195. The van der Waals surface area contributed by atoms with E-state index in [0.29, 0.717) is 5.41 Å². The minimum absolute atomic E-state index is 0. The summed E-state index contributed by atoms with van der Waals surface area (Å²) in [6, 6.07) is 0. The molecule has 2 aliphatic rings. The van der Waals surface area contributed by atoms with Gasteiger partial charge in [-0.3, -0.25) is 0 Å². The third-order valence-electron chi connectivity index (χ3n) is 4.78. The molecule has 1 atom stereocenters. The second-order valence-electron chi connectivity index (χ2n) is 6.63. The molecule has 0 amide bonds. The molecular weight excluding hydrogens is 232 g/mol. The third-order valence-corrected chi connectivity index (χ3v) is 4.78. The smallest absolute Gasteiger partial charge is 0.00480 e. The molecule has 0 bridgehead atoms. The third kappa shape index (κ3) is 4.11. The fourth-order valence-corrected chi connectivity index (χ4v) is 3.33. The van der Waals surface area contributed by atoms with Crippen molar-refractivity contribution in [3.05, 3.63) is 0 Å².